The largest absolute Gasteiger partial charge is 0.464 e. The van der Waals surface area contributed by atoms with Crippen molar-refractivity contribution in [3.63, 3.8) is 0 Å². The maximum Gasteiger partial charge on any atom is 0.357 e. The summed E-state index contributed by atoms with van der Waals surface area (Å²) >= 11 is 0. The number of nitrogens with two attached hydrogens (primary N) is 1. The normalized spacial score (nSPS) is 15.1. The van der Waals surface area contributed by atoms with Crippen molar-refractivity contribution in [1.29, 1.82) is 5.26 Å². The van der Waals surface area contributed by atoms with Gasteiger partial charge in [0.2, 0.25) is 0 Å². The highest BCUT2D eigenvalue weighted by atomic mass is 16.6. The van der Waals surface area contributed by atoms with Crippen LogP contribution in [0.25, 0.3) is 5.69 Å². The molecule has 11 nitrogen and oxygen atoms in total. The Morgan fingerprint density at radius 3 is 2.33 bits per heavy atom. The number of nitrogens with one attached hydrogen (secondary N) is 1. The van der Waals surface area contributed by atoms with Crippen molar-refractivity contribution in [1.82, 2.24) is 9.88 Å². The zero-order valence-corrected chi connectivity index (χ0v) is 22.8. The third-order valence-electron chi connectivity index (χ3n) is 6.09. The van der Waals surface area contributed by atoms with E-state index in [0.29, 0.717) is 22.6 Å². The van der Waals surface area contributed by atoms with Crippen molar-refractivity contribution in [3.8, 4) is 11.8 Å². The summed E-state index contributed by atoms with van der Waals surface area (Å²) in [7, 11) is 2.71. The Kier molecular flexibility index (Phi) is 9.16. The van der Waals surface area contributed by atoms with Crippen LogP contribution in [0, 0.1) is 11.3 Å². The van der Waals surface area contributed by atoms with E-state index in [1.807, 2.05) is 6.07 Å². The van der Waals surface area contributed by atoms with Gasteiger partial charge in [0.1, 0.15) is 12.7 Å². The van der Waals surface area contributed by atoms with Crippen molar-refractivity contribution in [2.24, 2.45) is 0 Å². The highest BCUT2D eigenvalue weighted by Crippen LogP contribution is 2.40. The van der Waals surface area contributed by atoms with E-state index in [9.17, 15) is 19.6 Å². The zero-order valence-electron chi connectivity index (χ0n) is 22.8. The van der Waals surface area contributed by atoms with E-state index in [1.54, 1.807) is 52.0 Å². The molecular weight excluding hydrogens is 504 g/mol. The third-order valence-corrected chi connectivity index (χ3v) is 6.09. The Hall–Kier alpha value is -4.56. The fourth-order valence-corrected chi connectivity index (χ4v) is 4.41. The number of hydrogen-bond donors (Lipinski definition) is 2. The Morgan fingerprint density at radius 2 is 1.74 bits per heavy atom. The molecule has 1 aliphatic rings. The number of nitrogen functional groups attached to an aromatic ring is 1. The SMILES string of the molecule is COCCOC(=O)C1=C(C)NC(C)=C(C(=O)OC(C)C)C1c1cccc(-n2cc(C#N)c(N)c2C(=O)OC)c1. The minimum atomic E-state index is -0.864. The summed E-state index contributed by atoms with van der Waals surface area (Å²) in [5.41, 5.74) is 8.63. The van der Waals surface area contributed by atoms with Crippen molar-refractivity contribution < 1.29 is 33.3 Å². The second kappa shape index (κ2) is 12.3. The lowest BCUT2D eigenvalue weighted by molar-refractivity contribution is -0.143. The average Bonchev–Trinajstić information content (AvgIpc) is 3.23. The van der Waals surface area contributed by atoms with E-state index >= 15 is 0 Å². The quantitative estimate of drug-likeness (QED) is 0.277. The Balaban J connectivity index is 2.23. The van der Waals surface area contributed by atoms with E-state index in [2.05, 4.69) is 5.32 Å². The van der Waals surface area contributed by atoms with E-state index < -0.39 is 29.9 Å². The summed E-state index contributed by atoms with van der Waals surface area (Å²) < 4.78 is 22.3. The number of carbonyl (C=O) groups excluding carboxylic acids is 3. The monoisotopic (exact) mass is 536 g/mol. The lowest BCUT2D eigenvalue weighted by atomic mass is 9.80. The standard InChI is InChI=1S/C28H32N4O7/c1-15(2)39-27(34)22-17(4)31-16(3)21(26(33)38-11-10-36-5)23(22)18-8-7-9-20(12-18)32-14-19(13-29)24(30)25(32)28(35)37-6/h7-9,12,14-15,23,31H,10-11,30H2,1-6H3. The van der Waals surface area contributed by atoms with Gasteiger partial charge in [-0.05, 0) is 45.4 Å². The number of carbonyl (C=O) groups is 3. The average molecular weight is 537 g/mol. The predicted molar refractivity (Wildman–Crippen MR) is 142 cm³/mol. The molecule has 1 unspecified atom stereocenters. The smallest absolute Gasteiger partial charge is 0.357 e. The van der Waals surface area contributed by atoms with Crippen LogP contribution in [0.3, 0.4) is 0 Å². The molecule has 0 amide bonds. The fraction of sp³-hybridized carbons (Fsp3) is 0.357. The number of hydrogen-bond acceptors (Lipinski definition) is 10. The van der Waals surface area contributed by atoms with Gasteiger partial charge in [-0.2, -0.15) is 5.26 Å². The minimum absolute atomic E-state index is 0.0198. The molecule has 0 fully saturated rings. The number of benzene rings is 1. The summed E-state index contributed by atoms with van der Waals surface area (Å²) in [6, 6.07) is 8.84. The van der Waals surface area contributed by atoms with E-state index in [-0.39, 0.29) is 41.3 Å². The molecule has 1 atom stereocenters. The molecule has 1 aromatic carbocycles. The number of methoxy groups -OCH3 is 2. The maximum atomic E-state index is 13.3. The lowest BCUT2D eigenvalue weighted by Gasteiger charge is -2.31. The van der Waals surface area contributed by atoms with Crippen molar-refractivity contribution in [2.45, 2.75) is 39.7 Å². The van der Waals surface area contributed by atoms with Crippen LogP contribution in [-0.4, -0.2) is 56.0 Å². The van der Waals surface area contributed by atoms with E-state index in [1.165, 1.54) is 25.0 Å². The number of anilines is 1. The molecule has 0 saturated heterocycles. The molecule has 206 valence electrons. The van der Waals surface area contributed by atoms with Gasteiger partial charge < -0.3 is 34.6 Å². The lowest BCUT2D eigenvalue weighted by Crippen LogP contribution is -2.33. The van der Waals surface area contributed by atoms with Gasteiger partial charge in [0.25, 0.3) is 0 Å². The first kappa shape index (κ1) is 29.0. The van der Waals surface area contributed by atoms with Gasteiger partial charge in [-0.15, -0.1) is 0 Å². The summed E-state index contributed by atoms with van der Waals surface area (Å²) in [5, 5.41) is 12.6. The van der Waals surface area contributed by atoms with Gasteiger partial charge in [-0.1, -0.05) is 12.1 Å². The third kappa shape index (κ3) is 5.97. The molecule has 11 heteroatoms. The number of nitriles is 1. The van der Waals surface area contributed by atoms with E-state index in [4.69, 9.17) is 24.7 Å². The molecule has 1 aliphatic heterocycles. The summed E-state index contributed by atoms with van der Waals surface area (Å²) in [6.07, 6.45) is 1.03. The molecule has 0 saturated carbocycles. The van der Waals surface area contributed by atoms with Crippen molar-refractivity contribution in [2.75, 3.05) is 33.2 Å². The number of rotatable bonds is 9. The number of allylic oxidation sites excluding steroid dienone is 2. The highest BCUT2D eigenvalue weighted by Gasteiger charge is 2.38. The topological polar surface area (TPSA) is 155 Å². The maximum absolute atomic E-state index is 13.3. The second-order valence-electron chi connectivity index (χ2n) is 9.09. The first-order valence-corrected chi connectivity index (χ1v) is 12.2. The van der Waals surface area contributed by atoms with Crippen LogP contribution in [0.15, 0.2) is 53.0 Å². The number of ether oxygens (including phenoxy) is 4. The van der Waals surface area contributed by atoms with Gasteiger partial charge in [0.15, 0.2) is 5.69 Å². The van der Waals surface area contributed by atoms with Crippen LogP contribution >= 0.6 is 0 Å². The molecule has 1 aromatic heterocycles. The highest BCUT2D eigenvalue weighted by molar-refractivity contribution is 6.00. The summed E-state index contributed by atoms with van der Waals surface area (Å²) in [4.78, 5) is 39.2. The molecule has 0 bridgehead atoms. The van der Waals surface area contributed by atoms with Gasteiger partial charge in [-0.25, -0.2) is 14.4 Å². The number of aromatic nitrogens is 1. The van der Waals surface area contributed by atoms with Crippen LogP contribution in [0.4, 0.5) is 5.69 Å². The zero-order chi connectivity index (χ0) is 28.9. The molecule has 39 heavy (non-hydrogen) atoms. The van der Waals surface area contributed by atoms with Crippen LogP contribution in [-0.2, 0) is 28.5 Å². The van der Waals surface area contributed by atoms with Crippen LogP contribution in [0.2, 0.25) is 0 Å². The Labute approximate surface area is 226 Å². The molecule has 3 N–H and O–H groups in total. The van der Waals surface area contributed by atoms with Crippen molar-refractivity contribution in [3.05, 3.63) is 69.8 Å². The first-order chi connectivity index (χ1) is 18.5. The fourth-order valence-electron chi connectivity index (χ4n) is 4.41. The van der Waals surface area contributed by atoms with Gasteiger partial charge >= 0.3 is 17.9 Å². The van der Waals surface area contributed by atoms with Crippen LogP contribution in [0.1, 0.15) is 55.2 Å². The van der Waals surface area contributed by atoms with Crippen molar-refractivity contribution >= 4 is 23.6 Å². The molecule has 3 rings (SSSR count). The van der Waals surface area contributed by atoms with Gasteiger partial charge in [0.05, 0.1) is 48.1 Å². The number of nitrogens with zero attached hydrogens (tertiary/aromatic N) is 2. The van der Waals surface area contributed by atoms with Gasteiger partial charge in [-0.3, -0.25) is 0 Å². The number of esters is 3. The molecular formula is C28H32N4O7. The second-order valence-corrected chi connectivity index (χ2v) is 9.09. The summed E-state index contributed by atoms with van der Waals surface area (Å²) in [5.74, 6) is -2.80. The minimum Gasteiger partial charge on any atom is -0.464 e. The predicted octanol–water partition coefficient (Wildman–Crippen LogP) is 3.09. The Bertz CT molecular complexity index is 1390. The Morgan fingerprint density at radius 1 is 1.08 bits per heavy atom. The van der Waals surface area contributed by atoms with Crippen LogP contribution in [0.5, 0.6) is 0 Å². The summed E-state index contributed by atoms with van der Waals surface area (Å²) in [6.45, 7) is 7.14. The molecule has 2 heterocycles. The molecule has 0 aliphatic carbocycles. The number of dihydropyridines is 1. The molecule has 0 spiro atoms. The molecule has 2 aromatic rings. The van der Waals surface area contributed by atoms with Gasteiger partial charge in [0, 0.05) is 30.4 Å². The first-order valence-electron chi connectivity index (χ1n) is 12.2. The van der Waals surface area contributed by atoms with Crippen LogP contribution < -0.4 is 11.1 Å². The molecule has 0 radical (unpaired) electrons. The van der Waals surface area contributed by atoms with E-state index in [0.717, 1.165) is 0 Å².